The summed E-state index contributed by atoms with van der Waals surface area (Å²) in [6.45, 7) is 3.41. The van der Waals surface area contributed by atoms with Crippen molar-refractivity contribution < 1.29 is 28.3 Å². The molecule has 0 aromatic rings. The van der Waals surface area contributed by atoms with Crippen LogP contribution < -0.4 is 5.32 Å². The molecule has 0 saturated heterocycles. The number of carboxylic acid groups (broad SMARTS) is 1. The Bertz CT molecular complexity index is 334. The Labute approximate surface area is 99.3 Å². The van der Waals surface area contributed by atoms with Crippen LogP contribution in [-0.2, 0) is 18.4 Å². The van der Waals surface area contributed by atoms with Gasteiger partial charge in [0.05, 0.1) is 6.04 Å². The van der Waals surface area contributed by atoms with Crippen molar-refractivity contribution in [3.05, 3.63) is 12.7 Å². The Morgan fingerprint density at radius 1 is 1.47 bits per heavy atom. The summed E-state index contributed by atoms with van der Waals surface area (Å²) in [4.78, 5) is 22.2. The number of carbonyl (C=O) groups is 2. The van der Waals surface area contributed by atoms with Crippen molar-refractivity contribution in [2.24, 2.45) is 0 Å². The molecule has 7 nitrogen and oxygen atoms in total. The molecule has 0 bridgehead atoms. The lowest BCUT2D eigenvalue weighted by Crippen LogP contribution is -2.41. The van der Waals surface area contributed by atoms with Crippen molar-refractivity contribution in [2.75, 3.05) is 20.4 Å². The van der Waals surface area contributed by atoms with Gasteiger partial charge in [0.25, 0.3) is 0 Å². The van der Waals surface area contributed by atoms with E-state index in [1.165, 1.54) is 6.08 Å². The standard InChI is InChI=1S/C9H16NO6P/c1-4-5-7(10-9(12)13)8(11)6-17(14,15-2)16-3/h4,7,10H,1,5-6H2,2-3H3,(H,12,13). The van der Waals surface area contributed by atoms with Gasteiger partial charge in [0, 0.05) is 14.2 Å². The number of nitrogens with one attached hydrogen (secondary N) is 1. The van der Waals surface area contributed by atoms with E-state index in [9.17, 15) is 14.2 Å². The number of rotatable bonds is 8. The molecule has 0 heterocycles. The van der Waals surface area contributed by atoms with Crippen LogP contribution in [0.4, 0.5) is 4.79 Å². The number of ketones is 1. The summed E-state index contributed by atoms with van der Waals surface area (Å²) in [5, 5.41) is 10.6. The lowest BCUT2D eigenvalue weighted by molar-refractivity contribution is -0.118. The molecule has 1 amide bonds. The third-order valence-corrected chi connectivity index (χ3v) is 3.81. The molecule has 2 N–H and O–H groups in total. The van der Waals surface area contributed by atoms with Gasteiger partial charge in [0.15, 0.2) is 5.78 Å². The first kappa shape index (κ1) is 15.8. The van der Waals surface area contributed by atoms with Gasteiger partial charge in [0.2, 0.25) is 0 Å². The maximum atomic E-state index is 11.7. The smallest absolute Gasteiger partial charge is 0.405 e. The van der Waals surface area contributed by atoms with Gasteiger partial charge in [-0.05, 0) is 6.42 Å². The molecule has 0 aromatic carbocycles. The molecular weight excluding hydrogens is 249 g/mol. The number of amides is 1. The molecule has 0 saturated carbocycles. The van der Waals surface area contributed by atoms with Crippen molar-refractivity contribution >= 4 is 19.5 Å². The Balaban J connectivity index is 4.67. The van der Waals surface area contributed by atoms with Crippen LogP contribution in [0.2, 0.25) is 0 Å². The number of carbonyl (C=O) groups excluding carboxylic acids is 1. The largest absolute Gasteiger partial charge is 0.465 e. The summed E-state index contributed by atoms with van der Waals surface area (Å²) >= 11 is 0. The van der Waals surface area contributed by atoms with Crippen LogP contribution in [0.15, 0.2) is 12.7 Å². The first-order valence-electron chi connectivity index (χ1n) is 4.72. The van der Waals surface area contributed by atoms with Crippen molar-refractivity contribution in [3.63, 3.8) is 0 Å². The molecule has 0 aliphatic heterocycles. The van der Waals surface area contributed by atoms with E-state index >= 15 is 0 Å². The molecule has 0 aliphatic rings. The summed E-state index contributed by atoms with van der Waals surface area (Å²) in [6, 6.07) is -0.997. The fourth-order valence-corrected chi connectivity index (χ4v) is 2.10. The maximum absolute atomic E-state index is 11.7. The van der Waals surface area contributed by atoms with Crippen molar-refractivity contribution in [1.29, 1.82) is 0 Å². The molecule has 98 valence electrons. The SMILES string of the molecule is C=CCC(NC(=O)O)C(=O)CP(=O)(OC)OC. The molecule has 0 aromatic heterocycles. The summed E-state index contributed by atoms with van der Waals surface area (Å²) in [6.07, 6.45) is -0.324. The highest BCUT2D eigenvalue weighted by Gasteiger charge is 2.30. The molecule has 1 atom stereocenters. The highest BCUT2D eigenvalue weighted by molar-refractivity contribution is 7.54. The molecular formula is C9H16NO6P. The van der Waals surface area contributed by atoms with E-state index in [0.717, 1.165) is 14.2 Å². The zero-order valence-corrected chi connectivity index (χ0v) is 10.6. The van der Waals surface area contributed by atoms with E-state index in [1.807, 2.05) is 5.32 Å². The highest BCUT2D eigenvalue weighted by atomic mass is 31.2. The zero-order chi connectivity index (χ0) is 13.5. The molecule has 0 aliphatic carbocycles. The van der Waals surface area contributed by atoms with Gasteiger partial charge in [0.1, 0.15) is 6.16 Å². The predicted octanol–water partition coefficient (Wildman–Crippen LogP) is 1.25. The molecule has 0 spiro atoms. The quantitative estimate of drug-likeness (QED) is 0.506. The normalized spacial score (nSPS) is 12.8. The first-order chi connectivity index (χ1) is 7.88. The van der Waals surface area contributed by atoms with E-state index in [-0.39, 0.29) is 6.42 Å². The molecule has 0 rings (SSSR count). The second-order valence-electron chi connectivity index (χ2n) is 3.13. The van der Waals surface area contributed by atoms with Crippen LogP contribution in [0.3, 0.4) is 0 Å². The Morgan fingerprint density at radius 3 is 2.35 bits per heavy atom. The molecule has 0 fully saturated rings. The lowest BCUT2D eigenvalue weighted by atomic mass is 10.1. The number of Topliss-reactive ketones (excluding diaryl/α,β-unsaturated/α-hetero) is 1. The van der Waals surface area contributed by atoms with Gasteiger partial charge in [-0.15, -0.1) is 6.58 Å². The van der Waals surface area contributed by atoms with Gasteiger partial charge in [-0.2, -0.15) is 0 Å². The second-order valence-corrected chi connectivity index (χ2v) is 5.40. The van der Waals surface area contributed by atoms with E-state index in [0.29, 0.717) is 0 Å². The Hall–Kier alpha value is -1.17. The van der Waals surface area contributed by atoms with E-state index in [4.69, 9.17) is 5.11 Å². The van der Waals surface area contributed by atoms with Crippen LogP contribution in [0.25, 0.3) is 0 Å². The third kappa shape index (κ3) is 5.63. The van der Waals surface area contributed by atoms with Crippen LogP contribution in [0, 0.1) is 0 Å². The van der Waals surface area contributed by atoms with Crippen molar-refractivity contribution in [1.82, 2.24) is 5.32 Å². The number of hydrogen-bond donors (Lipinski definition) is 2. The zero-order valence-electron chi connectivity index (χ0n) is 9.71. The van der Waals surface area contributed by atoms with Crippen LogP contribution in [-0.4, -0.2) is 43.4 Å². The van der Waals surface area contributed by atoms with E-state index in [2.05, 4.69) is 15.6 Å². The summed E-state index contributed by atoms with van der Waals surface area (Å²) in [7, 11) is -1.16. The van der Waals surface area contributed by atoms with Gasteiger partial charge in [-0.1, -0.05) is 6.08 Å². The minimum atomic E-state index is -3.48. The average Bonchev–Trinajstić information content (AvgIpc) is 2.27. The van der Waals surface area contributed by atoms with E-state index < -0.39 is 31.7 Å². The van der Waals surface area contributed by atoms with Crippen LogP contribution in [0.1, 0.15) is 6.42 Å². The van der Waals surface area contributed by atoms with Gasteiger partial charge < -0.3 is 19.5 Å². The van der Waals surface area contributed by atoms with Gasteiger partial charge >= 0.3 is 13.7 Å². The fraction of sp³-hybridized carbons (Fsp3) is 0.556. The molecule has 17 heavy (non-hydrogen) atoms. The van der Waals surface area contributed by atoms with Crippen LogP contribution in [0.5, 0.6) is 0 Å². The van der Waals surface area contributed by atoms with E-state index in [1.54, 1.807) is 0 Å². The molecule has 0 radical (unpaired) electrons. The minimum absolute atomic E-state index is 0.110. The second kappa shape index (κ2) is 7.21. The maximum Gasteiger partial charge on any atom is 0.405 e. The topological polar surface area (TPSA) is 102 Å². The van der Waals surface area contributed by atoms with Crippen LogP contribution >= 0.6 is 7.60 Å². The summed E-state index contributed by atoms with van der Waals surface area (Å²) < 4.78 is 20.9. The fourth-order valence-electron chi connectivity index (χ4n) is 1.09. The van der Waals surface area contributed by atoms with Crippen molar-refractivity contribution in [3.8, 4) is 0 Å². The highest BCUT2D eigenvalue weighted by Crippen LogP contribution is 2.46. The predicted molar refractivity (Wildman–Crippen MR) is 61.3 cm³/mol. The molecule has 8 heteroatoms. The Kier molecular flexibility index (Phi) is 6.72. The minimum Gasteiger partial charge on any atom is -0.465 e. The van der Waals surface area contributed by atoms with Crippen molar-refractivity contribution in [2.45, 2.75) is 12.5 Å². The monoisotopic (exact) mass is 265 g/mol. The summed E-state index contributed by atoms with van der Waals surface area (Å²) in [5.74, 6) is -0.570. The van der Waals surface area contributed by atoms with Gasteiger partial charge in [-0.25, -0.2) is 4.79 Å². The van der Waals surface area contributed by atoms with Gasteiger partial charge in [-0.3, -0.25) is 9.36 Å². The first-order valence-corrected chi connectivity index (χ1v) is 6.45. The third-order valence-electron chi connectivity index (χ3n) is 1.99. The number of hydrogen-bond acceptors (Lipinski definition) is 5. The lowest BCUT2D eigenvalue weighted by Gasteiger charge is -2.17. The molecule has 1 unspecified atom stereocenters. The Morgan fingerprint density at radius 2 is 2.00 bits per heavy atom. The summed E-state index contributed by atoms with van der Waals surface area (Å²) in [5.41, 5.74) is 0. The average molecular weight is 265 g/mol.